The molecule has 0 amide bonds. The maximum absolute atomic E-state index is 11.1. The molecule has 0 aliphatic rings. The number of nitrogens with zero attached hydrogens (tertiary/aromatic N) is 1. The standard InChI is InChI=1S/C13H21NO4/c1-13(2,3)8-14-5-4-9(10(14)6-15)12(18)11(17)7-16/h4-6,11-12,16-18H,7-8H2,1-3H3. The van der Waals surface area contributed by atoms with Gasteiger partial charge in [-0.15, -0.1) is 0 Å². The first-order valence-corrected chi connectivity index (χ1v) is 5.91. The molecule has 5 nitrogen and oxygen atoms in total. The highest BCUT2D eigenvalue weighted by molar-refractivity contribution is 5.75. The minimum atomic E-state index is -1.28. The fourth-order valence-electron chi connectivity index (χ4n) is 1.84. The summed E-state index contributed by atoms with van der Waals surface area (Å²) < 4.78 is 1.75. The quantitative estimate of drug-likeness (QED) is 0.677. The Morgan fingerprint density at radius 1 is 1.39 bits per heavy atom. The third-order valence-electron chi connectivity index (χ3n) is 2.67. The Morgan fingerprint density at radius 2 is 2.00 bits per heavy atom. The lowest BCUT2D eigenvalue weighted by Gasteiger charge is -2.21. The van der Waals surface area contributed by atoms with Crippen molar-refractivity contribution in [2.24, 2.45) is 5.41 Å². The van der Waals surface area contributed by atoms with Crippen molar-refractivity contribution in [3.63, 3.8) is 0 Å². The molecule has 0 radical (unpaired) electrons. The number of aliphatic hydroxyl groups is 3. The largest absolute Gasteiger partial charge is 0.394 e. The topological polar surface area (TPSA) is 82.7 Å². The normalized spacial score (nSPS) is 15.4. The first-order chi connectivity index (χ1) is 8.30. The van der Waals surface area contributed by atoms with Crippen molar-refractivity contribution in [1.29, 1.82) is 0 Å². The Labute approximate surface area is 107 Å². The fraction of sp³-hybridized carbons (Fsp3) is 0.615. The Hall–Kier alpha value is -1.17. The van der Waals surface area contributed by atoms with Gasteiger partial charge in [0.1, 0.15) is 12.2 Å². The molecule has 102 valence electrons. The summed E-state index contributed by atoms with van der Waals surface area (Å²) in [7, 11) is 0. The lowest BCUT2D eigenvalue weighted by atomic mass is 9.96. The van der Waals surface area contributed by atoms with Crippen LogP contribution in [0.4, 0.5) is 0 Å². The van der Waals surface area contributed by atoms with Gasteiger partial charge in [0, 0.05) is 18.3 Å². The summed E-state index contributed by atoms with van der Waals surface area (Å²) in [6.45, 7) is 6.20. The summed E-state index contributed by atoms with van der Waals surface area (Å²) >= 11 is 0. The van der Waals surface area contributed by atoms with E-state index in [-0.39, 0.29) is 5.41 Å². The van der Waals surface area contributed by atoms with E-state index < -0.39 is 18.8 Å². The van der Waals surface area contributed by atoms with E-state index in [1.54, 1.807) is 16.8 Å². The van der Waals surface area contributed by atoms with E-state index in [0.29, 0.717) is 24.1 Å². The summed E-state index contributed by atoms with van der Waals surface area (Å²) in [5, 5.41) is 28.1. The van der Waals surface area contributed by atoms with Crippen molar-refractivity contribution in [2.75, 3.05) is 6.61 Å². The van der Waals surface area contributed by atoms with Gasteiger partial charge in [-0.1, -0.05) is 20.8 Å². The molecule has 0 spiro atoms. The average Bonchev–Trinajstić information content (AvgIpc) is 2.67. The highest BCUT2D eigenvalue weighted by Crippen LogP contribution is 2.24. The number of aromatic nitrogens is 1. The number of carbonyl (C=O) groups excluding carboxylic acids is 1. The second kappa shape index (κ2) is 5.65. The Bertz CT molecular complexity index is 406. The van der Waals surface area contributed by atoms with E-state index in [9.17, 15) is 15.0 Å². The smallest absolute Gasteiger partial charge is 0.166 e. The summed E-state index contributed by atoms with van der Waals surface area (Å²) in [5.74, 6) is 0. The molecule has 1 aromatic rings. The maximum Gasteiger partial charge on any atom is 0.166 e. The van der Waals surface area contributed by atoms with Gasteiger partial charge >= 0.3 is 0 Å². The monoisotopic (exact) mass is 255 g/mol. The second-order valence-corrected chi connectivity index (χ2v) is 5.66. The zero-order valence-electron chi connectivity index (χ0n) is 11.0. The van der Waals surface area contributed by atoms with E-state index in [2.05, 4.69) is 0 Å². The molecule has 0 aliphatic carbocycles. The van der Waals surface area contributed by atoms with Gasteiger partial charge in [-0.2, -0.15) is 0 Å². The highest BCUT2D eigenvalue weighted by atomic mass is 16.4. The number of rotatable bonds is 5. The first-order valence-electron chi connectivity index (χ1n) is 5.91. The molecular weight excluding hydrogens is 234 g/mol. The maximum atomic E-state index is 11.1. The molecule has 0 saturated carbocycles. The van der Waals surface area contributed by atoms with Crippen LogP contribution < -0.4 is 0 Å². The van der Waals surface area contributed by atoms with Gasteiger partial charge in [0.2, 0.25) is 0 Å². The molecule has 1 aromatic heterocycles. The van der Waals surface area contributed by atoms with Crippen molar-refractivity contribution in [2.45, 2.75) is 39.5 Å². The third kappa shape index (κ3) is 3.41. The Morgan fingerprint density at radius 3 is 2.44 bits per heavy atom. The Kier molecular flexibility index (Phi) is 4.67. The molecule has 0 fully saturated rings. The molecule has 1 heterocycles. The van der Waals surface area contributed by atoms with Gasteiger partial charge < -0.3 is 19.9 Å². The molecule has 0 aliphatic heterocycles. The summed E-state index contributed by atoms with van der Waals surface area (Å²) in [6.07, 6.45) is -0.169. The zero-order valence-corrected chi connectivity index (χ0v) is 11.0. The van der Waals surface area contributed by atoms with Crippen molar-refractivity contribution in [3.8, 4) is 0 Å². The van der Waals surface area contributed by atoms with Gasteiger partial charge in [0.05, 0.1) is 12.3 Å². The van der Waals surface area contributed by atoms with Gasteiger partial charge in [-0.05, 0) is 11.5 Å². The lowest BCUT2D eigenvalue weighted by Crippen LogP contribution is -2.23. The van der Waals surface area contributed by atoms with E-state index >= 15 is 0 Å². The molecular formula is C13H21NO4. The van der Waals surface area contributed by atoms with Crippen molar-refractivity contribution < 1.29 is 20.1 Å². The van der Waals surface area contributed by atoms with Crippen molar-refractivity contribution in [3.05, 3.63) is 23.5 Å². The van der Waals surface area contributed by atoms with Crippen LogP contribution >= 0.6 is 0 Å². The summed E-state index contributed by atoms with van der Waals surface area (Å²) in [5.41, 5.74) is 0.676. The highest BCUT2D eigenvalue weighted by Gasteiger charge is 2.24. The molecule has 5 heteroatoms. The molecule has 2 unspecified atom stereocenters. The number of hydrogen-bond acceptors (Lipinski definition) is 4. The number of aldehydes is 1. The molecule has 0 saturated heterocycles. The van der Waals surface area contributed by atoms with Crippen LogP contribution in [0.3, 0.4) is 0 Å². The Balaban J connectivity index is 3.05. The van der Waals surface area contributed by atoms with Crippen LogP contribution in [-0.2, 0) is 6.54 Å². The third-order valence-corrected chi connectivity index (χ3v) is 2.67. The molecule has 18 heavy (non-hydrogen) atoms. The predicted molar refractivity (Wildman–Crippen MR) is 67.3 cm³/mol. The van der Waals surface area contributed by atoms with Crippen LogP contribution in [0.2, 0.25) is 0 Å². The van der Waals surface area contributed by atoms with Crippen LogP contribution in [0.5, 0.6) is 0 Å². The fourth-order valence-corrected chi connectivity index (χ4v) is 1.84. The number of carbonyl (C=O) groups is 1. The van der Waals surface area contributed by atoms with E-state index in [1.807, 2.05) is 20.8 Å². The van der Waals surface area contributed by atoms with Crippen LogP contribution in [0.1, 0.15) is 42.9 Å². The second-order valence-electron chi connectivity index (χ2n) is 5.66. The van der Waals surface area contributed by atoms with Gasteiger partial charge in [-0.3, -0.25) is 4.79 Å². The lowest BCUT2D eigenvalue weighted by molar-refractivity contribution is -0.0155. The number of hydrogen-bond donors (Lipinski definition) is 3. The van der Waals surface area contributed by atoms with Gasteiger partial charge in [-0.25, -0.2) is 0 Å². The molecule has 2 atom stereocenters. The molecule has 3 N–H and O–H groups in total. The molecule has 0 aromatic carbocycles. The predicted octanol–water partition coefficient (Wildman–Crippen LogP) is 0.733. The van der Waals surface area contributed by atoms with Crippen LogP contribution in [0, 0.1) is 5.41 Å². The minimum Gasteiger partial charge on any atom is -0.394 e. The number of aliphatic hydroxyl groups excluding tert-OH is 3. The van der Waals surface area contributed by atoms with E-state index in [0.717, 1.165) is 0 Å². The molecule has 0 bridgehead atoms. The molecule has 1 rings (SSSR count). The first kappa shape index (κ1) is 14.9. The zero-order chi connectivity index (χ0) is 13.9. The van der Waals surface area contributed by atoms with E-state index in [1.165, 1.54) is 0 Å². The average molecular weight is 255 g/mol. The van der Waals surface area contributed by atoms with Crippen LogP contribution in [0.15, 0.2) is 12.3 Å². The van der Waals surface area contributed by atoms with Crippen molar-refractivity contribution >= 4 is 6.29 Å². The summed E-state index contributed by atoms with van der Waals surface area (Å²) in [4.78, 5) is 11.1. The van der Waals surface area contributed by atoms with Crippen molar-refractivity contribution in [1.82, 2.24) is 4.57 Å². The van der Waals surface area contributed by atoms with E-state index in [4.69, 9.17) is 5.11 Å². The van der Waals surface area contributed by atoms with Crippen LogP contribution in [0.25, 0.3) is 0 Å². The van der Waals surface area contributed by atoms with Gasteiger partial charge in [0.15, 0.2) is 6.29 Å². The SMILES string of the molecule is CC(C)(C)Cn1ccc(C(O)C(O)CO)c1C=O. The summed E-state index contributed by atoms with van der Waals surface area (Å²) in [6, 6.07) is 1.60. The minimum absolute atomic E-state index is 0.00536. The van der Waals surface area contributed by atoms with Crippen LogP contribution in [-0.4, -0.2) is 38.9 Å². The van der Waals surface area contributed by atoms with Gasteiger partial charge in [0.25, 0.3) is 0 Å².